The quantitative estimate of drug-likeness (QED) is 0.719. The van der Waals surface area contributed by atoms with E-state index in [4.69, 9.17) is 11.6 Å². The molecule has 3 nitrogen and oxygen atoms in total. The second-order valence-electron chi connectivity index (χ2n) is 5.91. The van der Waals surface area contributed by atoms with Crippen LogP contribution in [0.25, 0.3) is 0 Å². The van der Waals surface area contributed by atoms with Crippen LogP contribution in [0.15, 0.2) is 6.33 Å². The molecule has 0 amide bonds. The summed E-state index contributed by atoms with van der Waals surface area (Å²) in [7, 11) is 0. The van der Waals surface area contributed by atoms with Gasteiger partial charge < -0.3 is 4.90 Å². The van der Waals surface area contributed by atoms with Crippen molar-refractivity contribution in [3.05, 3.63) is 17.0 Å². The summed E-state index contributed by atoms with van der Waals surface area (Å²) in [6.45, 7) is 11.0. The molecule has 1 aliphatic rings. The summed E-state index contributed by atoms with van der Waals surface area (Å²) in [4.78, 5) is 10.7. The van der Waals surface area contributed by atoms with Crippen LogP contribution in [0, 0.1) is 18.3 Å². The van der Waals surface area contributed by atoms with Gasteiger partial charge in [0.25, 0.3) is 0 Å². The molecule has 2 rings (SSSR count). The van der Waals surface area contributed by atoms with Gasteiger partial charge in [0.1, 0.15) is 17.3 Å². The van der Waals surface area contributed by atoms with Gasteiger partial charge in [-0.15, -0.1) is 0 Å². The predicted octanol–water partition coefficient (Wildman–Crippen LogP) is 3.31. The van der Waals surface area contributed by atoms with Gasteiger partial charge in [0.2, 0.25) is 0 Å². The zero-order chi connectivity index (χ0) is 12.6. The fourth-order valence-electron chi connectivity index (χ4n) is 2.40. The number of rotatable bonds is 1. The molecule has 0 N–H and O–H groups in total. The van der Waals surface area contributed by atoms with Crippen molar-refractivity contribution in [2.24, 2.45) is 11.3 Å². The molecule has 17 heavy (non-hydrogen) atoms. The maximum absolute atomic E-state index is 6.04. The summed E-state index contributed by atoms with van der Waals surface area (Å²) in [6, 6.07) is 0. The molecule has 1 saturated heterocycles. The lowest BCUT2D eigenvalue weighted by Gasteiger charge is -2.27. The van der Waals surface area contributed by atoms with Crippen molar-refractivity contribution < 1.29 is 0 Å². The van der Waals surface area contributed by atoms with Crippen LogP contribution in [0.1, 0.15) is 32.8 Å². The Kier molecular flexibility index (Phi) is 3.30. The summed E-state index contributed by atoms with van der Waals surface area (Å²) in [5.41, 5.74) is 1.35. The van der Waals surface area contributed by atoms with Crippen molar-refractivity contribution >= 4 is 17.4 Å². The van der Waals surface area contributed by atoms with E-state index in [9.17, 15) is 0 Å². The Morgan fingerprint density at radius 2 is 2.06 bits per heavy atom. The van der Waals surface area contributed by atoms with E-state index in [1.807, 2.05) is 6.92 Å². The Morgan fingerprint density at radius 1 is 1.35 bits per heavy atom. The number of halogens is 1. The largest absolute Gasteiger partial charge is 0.356 e. The average molecular weight is 254 g/mol. The molecule has 0 spiro atoms. The van der Waals surface area contributed by atoms with Crippen molar-refractivity contribution in [2.45, 2.75) is 34.1 Å². The molecule has 1 aromatic heterocycles. The monoisotopic (exact) mass is 253 g/mol. The van der Waals surface area contributed by atoms with Gasteiger partial charge in [-0.3, -0.25) is 0 Å². The summed E-state index contributed by atoms with van der Waals surface area (Å²) >= 11 is 6.04. The summed E-state index contributed by atoms with van der Waals surface area (Å²) < 4.78 is 0. The topological polar surface area (TPSA) is 29.0 Å². The Hall–Kier alpha value is -0.830. The third kappa shape index (κ3) is 2.54. The maximum Gasteiger partial charge on any atom is 0.137 e. The third-order valence-electron chi connectivity index (χ3n) is 3.71. The first-order valence-electron chi connectivity index (χ1n) is 6.11. The first kappa shape index (κ1) is 12.6. The standard InChI is InChI=1S/C13H20ClN3/c1-9-11(14)15-8-16-12(9)17-6-5-10(7-17)13(2,3)4/h8,10H,5-7H2,1-4H3. The molecule has 0 bridgehead atoms. The number of hydrogen-bond acceptors (Lipinski definition) is 3. The van der Waals surface area contributed by atoms with Gasteiger partial charge in [-0.1, -0.05) is 32.4 Å². The van der Waals surface area contributed by atoms with E-state index in [0.717, 1.165) is 30.4 Å². The lowest BCUT2D eigenvalue weighted by Crippen LogP contribution is -2.26. The molecule has 2 heterocycles. The van der Waals surface area contributed by atoms with E-state index in [1.54, 1.807) is 6.33 Å². The fourth-order valence-corrected chi connectivity index (χ4v) is 2.53. The lowest BCUT2D eigenvalue weighted by atomic mass is 9.80. The van der Waals surface area contributed by atoms with Gasteiger partial charge in [-0.05, 0) is 24.7 Å². The van der Waals surface area contributed by atoms with Crippen molar-refractivity contribution in [1.29, 1.82) is 0 Å². The highest BCUT2D eigenvalue weighted by Gasteiger charge is 2.32. The van der Waals surface area contributed by atoms with E-state index in [0.29, 0.717) is 10.6 Å². The van der Waals surface area contributed by atoms with Crippen LogP contribution in [-0.4, -0.2) is 23.1 Å². The van der Waals surface area contributed by atoms with Gasteiger partial charge in [0.05, 0.1) is 0 Å². The molecule has 4 heteroatoms. The van der Waals surface area contributed by atoms with Gasteiger partial charge >= 0.3 is 0 Å². The molecule has 1 aliphatic heterocycles. The van der Waals surface area contributed by atoms with Crippen LogP contribution in [0.3, 0.4) is 0 Å². The molecule has 1 aromatic rings. The third-order valence-corrected chi connectivity index (χ3v) is 4.09. The molecule has 0 radical (unpaired) electrons. The highest BCUT2D eigenvalue weighted by atomic mass is 35.5. The van der Waals surface area contributed by atoms with E-state index in [-0.39, 0.29) is 0 Å². The van der Waals surface area contributed by atoms with Crippen LogP contribution >= 0.6 is 11.6 Å². The minimum Gasteiger partial charge on any atom is -0.356 e. The molecular formula is C13H20ClN3. The lowest BCUT2D eigenvalue weighted by molar-refractivity contribution is 0.263. The fraction of sp³-hybridized carbons (Fsp3) is 0.692. The van der Waals surface area contributed by atoms with Crippen molar-refractivity contribution in [3.8, 4) is 0 Å². The number of nitrogens with zero attached hydrogens (tertiary/aromatic N) is 3. The number of anilines is 1. The summed E-state index contributed by atoms with van der Waals surface area (Å²) in [6.07, 6.45) is 2.78. The molecule has 0 saturated carbocycles. The molecule has 94 valence electrons. The minimum absolute atomic E-state index is 0.361. The molecule has 0 aliphatic carbocycles. The van der Waals surface area contributed by atoms with Crippen LogP contribution in [0.5, 0.6) is 0 Å². The number of hydrogen-bond donors (Lipinski definition) is 0. The zero-order valence-corrected chi connectivity index (χ0v) is 11.8. The maximum atomic E-state index is 6.04. The first-order valence-corrected chi connectivity index (χ1v) is 6.49. The van der Waals surface area contributed by atoms with Crippen LogP contribution < -0.4 is 4.90 Å². The Morgan fingerprint density at radius 3 is 2.65 bits per heavy atom. The molecular weight excluding hydrogens is 234 g/mol. The molecule has 1 fully saturated rings. The predicted molar refractivity (Wildman–Crippen MR) is 71.6 cm³/mol. The highest BCUT2D eigenvalue weighted by molar-refractivity contribution is 6.30. The second-order valence-corrected chi connectivity index (χ2v) is 6.27. The smallest absolute Gasteiger partial charge is 0.137 e. The molecule has 0 aromatic carbocycles. The second kappa shape index (κ2) is 4.45. The van der Waals surface area contributed by atoms with Gasteiger partial charge in [0.15, 0.2) is 0 Å². The van der Waals surface area contributed by atoms with E-state index >= 15 is 0 Å². The van der Waals surface area contributed by atoms with E-state index in [1.165, 1.54) is 6.42 Å². The normalized spacial score (nSPS) is 21.0. The van der Waals surface area contributed by atoms with Crippen molar-refractivity contribution in [3.63, 3.8) is 0 Å². The Labute approximate surface area is 108 Å². The van der Waals surface area contributed by atoms with Crippen LogP contribution in [0.4, 0.5) is 5.82 Å². The van der Waals surface area contributed by atoms with Crippen LogP contribution in [0.2, 0.25) is 5.15 Å². The van der Waals surface area contributed by atoms with Gasteiger partial charge in [-0.2, -0.15) is 0 Å². The van der Waals surface area contributed by atoms with E-state index in [2.05, 4.69) is 35.6 Å². The Bertz CT molecular complexity index is 412. The van der Waals surface area contributed by atoms with Crippen molar-refractivity contribution in [1.82, 2.24) is 9.97 Å². The number of aromatic nitrogens is 2. The SMILES string of the molecule is Cc1c(Cl)ncnc1N1CCC(C(C)(C)C)C1. The minimum atomic E-state index is 0.361. The van der Waals surface area contributed by atoms with Crippen molar-refractivity contribution in [2.75, 3.05) is 18.0 Å². The summed E-state index contributed by atoms with van der Waals surface area (Å²) in [5.74, 6) is 1.72. The van der Waals surface area contributed by atoms with Gasteiger partial charge in [-0.25, -0.2) is 9.97 Å². The van der Waals surface area contributed by atoms with E-state index < -0.39 is 0 Å². The molecule has 1 unspecified atom stereocenters. The highest BCUT2D eigenvalue weighted by Crippen LogP contribution is 2.36. The van der Waals surface area contributed by atoms with Crippen LogP contribution in [-0.2, 0) is 0 Å². The molecule has 1 atom stereocenters. The Balaban J connectivity index is 2.18. The first-order chi connectivity index (χ1) is 7.89. The zero-order valence-electron chi connectivity index (χ0n) is 11.0. The van der Waals surface area contributed by atoms with Gasteiger partial charge in [0, 0.05) is 18.7 Å². The average Bonchev–Trinajstić information content (AvgIpc) is 2.70. The summed E-state index contributed by atoms with van der Waals surface area (Å²) in [5, 5.41) is 0.564.